The zero-order valence-electron chi connectivity index (χ0n) is 13.8. The summed E-state index contributed by atoms with van der Waals surface area (Å²) in [4.78, 5) is 16.2. The molecule has 0 bridgehead atoms. The molecule has 2 heterocycles. The Morgan fingerprint density at radius 1 is 1.23 bits per heavy atom. The van der Waals surface area contributed by atoms with Crippen molar-refractivity contribution in [1.82, 2.24) is 15.6 Å². The summed E-state index contributed by atoms with van der Waals surface area (Å²) >= 11 is 0. The lowest BCUT2D eigenvalue weighted by atomic mass is 10.1. The topological polar surface area (TPSA) is 63.2 Å². The van der Waals surface area contributed by atoms with E-state index in [1.54, 1.807) is 12.4 Å². The quantitative estimate of drug-likeness (QED) is 0.855. The number of amides is 1. The molecule has 5 nitrogen and oxygen atoms in total. The second-order valence-corrected chi connectivity index (χ2v) is 6.02. The van der Waals surface area contributed by atoms with E-state index in [-0.39, 0.29) is 17.7 Å². The molecule has 1 atom stereocenters. The lowest BCUT2D eigenvalue weighted by Crippen LogP contribution is -2.40. The lowest BCUT2D eigenvalue weighted by molar-refractivity contribution is -0.274. The van der Waals surface area contributed by atoms with Crippen LogP contribution in [0.15, 0.2) is 42.7 Å². The monoisotopic (exact) mass is 365 g/mol. The largest absolute Gasteiger partial charge is 0.573 e. The van der Waals surface area contributed by atoms with Crippen LogP contribution >= 0.6 is 0 Å². The first kappa shape index (κ1) is 18.2. The highest BCUT2D eigenvalue weighted by Gasteiger charge is 2.31. The third-order valence-corrected chi connectivity index (χ3v) is 4.06. The Kier molecular flexibility index (Phi) is 5.41. The highest BCUT2D eigenvalue weighted by atomic mass is 19.4. The molecule has 1 aliphatic heterocycles. The SMILES string of the molecule is O=C(NCc1cncc(-c2ccc(OC(F)(F)F)cc2)c1)C1CCCN1. The van der Waals surface area contributed by atoms with E-state index in [1.165, 1.54) is 24.3 Å². The van der Waals surface area contributed by atoms with E-state index in [2.05, 4.69) is 20.4 Å². The van der Waals surface area contributed by atoms with Crippen molar-refractivity contribution in [2.24, 2.45) is 0 Å². The molecule has 1 fully saturated rings. The lowest BCUT2D eigenvalue weighted by Gasteiger charge is -2.12. The predicted octanol–water partition coefficient (Wildman–Crippen LogP) is 3.02. The first-order valence-corrected chi connectivity index (χ1v) is 8.22. The smallest absolute Gasteiger partial charge is 0.406 e. The van der Waals surface area contributed by atoms with E-state index in [1.807, 2.05) is 6.07 Å². The second-order valence-electron chi connectivity index (χ2n) is 6.02. The van der Waals surface area contributed by atoms with Crippen molar-refractivity contribution in [1.29, 1.82) is 0 Å². The minimum atomic E-state index is -4.71. The number of hydrogen-bond donors (Lipinski definition) is 2. The molecule has 2 N–H and O–H groups in total. The Balaban J connectivity index is 1.64. The van der Waals surface area contributed by atoms with Gasteiger partial charge in [-0.25, -0.2) is 0 Å². The van der Waals surface area contributed by atoms with E-state index in [9.17, 15) is 18.0 Å². The fraction of sp³-hybridized carbons (Fsp3) is 0.333. The molecule has 1 aromatic heterocycles. The summed E-state index contributed by atoms with van der Waals surface area (Å²) in [5.74, 6) is -0.316. The molecule has 26 heavy (non-hydrogen) atoms. The Morgan fingerprint density at radius 3 is 2.65 bits per heavy atom. The number of aromatic nitrogens is 1. The van der Waals surface area contributed by atoms with Gasteiger partial charge in [0.2, 0.25) is 5.91 Å². The molecule has 1 aromatic carbocycles. The molecule has 1 aliphatic rings. The first-order chi connectivity index (χ1) is 12.4. The van der Waals surface area contributed by atoms with Gasteiger partial charge in [0.25, 0.3) is 0 Å². The number of halogens is 3. The first-order valence-electron chi connectivity index (χ1n) is 8.22. The predicted molar refractivity (Wildman–Crippen MR) is 89.2 cm³/mol. The summed E-state index contributed by atoms with van der Waals surface area (Å²) < 4.78 is 40.5. The van der Waals surface area contributed by atoms with Gasteiger partial charge in [-0.3, -0.25) is 9.78 Å². The van der Waals surface area contributed by atoms with Gasteiger partial charge in [-0.05, 0) is 48.7 Å². The van der Waals surface area contributed by atoms with Crippen molar-refractivity contribution in [3.8, 4) is 16.9 Å². The number of carbonyl (C=O) groups excluding carboxylic acids is 1. The van der Waals surface area contributed by atoms with Crippen LogP contribution in [0, 0.1) is 0 Å². The molecule has 3 rings (SSSR count). The van der Waals surface area contributed by atoms with Gasteiger partial charge in [0, 0.05) is 24.5 Å². The fourth-order valence-electron chi connectivity index (χ4n) is 2.81. The van der Waals surface area contributed by atoms with Crippen LogP contribution in [0.3, 0.4) is 0 Å². The Morgan fingerprint density at radius 2 is 2.00 bits per heavy atom. The molecule has 1 amide bonds. The number of alkyl halides is 3. The number of pyridine rings is 1. The zero-order valence-corrected chi connectivity index (χ0v) is 13.8. The van der Waals surface area contributed by atoms with Crippen LogP contribution in [0.5, 0.6) is 5.75 Å². The highest BCUT2D eigenvalue weighted by Crippen LogP contribution is 2.26. The molecule has 1 saturated heterocycles. The van der Waals surface area contributed by atoms with Crippen molar-refractivity contribution in [2.45, 2.75) is 31.8 Å². The molecule has 2 aromatic rings. The molecule has 0 radical (unpaired) electrons. The molecule has 0 saturated carbocycles. The Bertz CT molecular complexity index is 757. The average molecular weight is 365 g/mol. The average Bonchev–Trinajstić information content (AvgIpc) is 3.14. The summed E-state index contributed by atoms with van der Waals surface area (Å²) in [6.07, 6.45) is 0.367. The van der Waals surface area contributed by atoms with Crippen LogP contribution in [0.4, 0.5) is 13.2 Å². The maximum atomic E-state index is 12.2. The number of nitrogens with one attached hydrogen (secondary N) is 2. The van der Waals surface area contributed by atoms with Gasteiger partial charge in [-0.15, -0.1) is 13.2 Å². The number of benzene rings is 1. The van der Waals surface area contributed by atoms with Crippen molar-refractivity contribution in [2.75, 3.05) is 6.54 Å². The van der Waals surface area contributed by atoms with Crippen molar-refractivity contribution >= 4 is 5.91 Å². The minimum absolute atomic E-state index is 0.0402. The van der Waals surface area contributed by atoms with Crippen molar-refractivity contribution in [3.63, 3.8) is 0 Å². The molecule has 138 valence electrons. The van der Waals surface area contributed by atoms with E-state index in [0.717, 1.165) is 30.5 Å². The van der Waals surface area contributed by atoms with E-state index in [4.69, 9.17) is 0 Å². The van der Waals surface area contributed by atoms with Crippen LogP contribution in [-0.2, 0) is 11.3 Å². The Hall–Kier alpha value is -2.61. The highest BCUT2D eigenvalue weighted by molar-refractivity contribution is 5.82. The molecular formula is C18H18F3N3O2. The minimum Gasteiger partial charge on any atom is -0.406 e. The third kappa shape index (κ3) is 4.95. The van der Waals surface area contributed by atoms with E-state index in [0.29, 0.717) is 12.1 Å². The standard InChI is InChI=1S/C18H18F3N3O2/c19-18(20,21)26-15-5-3-13(4-6-15)14-8-12(9-22-11-14)10-24-17(25)16-2-1-7-23-16/h3-6,8-9,11,16,23H,1-2,7,10H2,(H,24,25). The van der Waals surface area contributed by atoms with Gasteiger partial charge in [0.05, 0.1) is 6.04 Å². The van der Waals surface area contributed by atoms with Gasteiger partial charge in [0.1, 0.15) is 5.75 Å². The van der Waals surface area contributed by atoms with Crippen LogP contribution in [0.1, 0.15) is 18.4 Å². The van der Waals surface area contributed by atoms with Gasteiger partial charge >= 0.3 is 6.36 Å². The maximum absolute atomic E-state index is 12.2. The van der Waals surface area contributed by atoms with E-state index >= 15 is 0 Å². The van der Waals surface area contributed by atoms with Crippen LogP contribution in [0.2, 0.25) is 0 Å². The molecule has 0 aliphatic carbocycles. The van der Waals surface area contributed by atoms with Gasteiger partial charge in [-0.1, -0.05) is 12.1 Å². The summed E-state index contributed by atoms with van der Waals surface area (Å²) in [5, 5.41) is 6.00. The third-order valence-electron chi connectivity index (χ3n) is 4.06. The van der Waals surface area contributed by atoms with Gasteiger partial charge in [-0.2, -0.15) is 0 Å². The van der Waals surface area contributed by atoms with Gasteiger partial charge in [0.15, 0.2) is 0 Å². The summed E-state index contributed by atoms with van der Waals surface area (Å²) in [5.41, 5.74) is 2.26. The number of rotatable bonds is 5. The second kappa shape index (κ2) is 7.74. The normalized spacial score (nSPS) is 17.1. The fourth-order valence-corrected chi connectivity index (χ4v) is 2.81. The van der Waals surface area contributed by atoms with Crippen molar-refractivity contribution in [3.05, 3.63) is 48.3 Å². The molecule has 8 heteroatoms. The van der Waals surface area contributed by atoms with Crippen LogP contribution in [0.25, 0.3) is 11.1 Å². The van der Waals surface area contributed by atoms with Crippen LogP contribution in [-0.4, -0.2) is 29.8 Å². The molecule has 1 unspecified atom stereocenters. The number of nitrogens with zero attached hydrogens (tertiary/aromatic N) is 1. The zero-order chi connectivity index (χ0) is 18.6. The molecule has 0 spiro atoms. The summed E-state index contributed by atoms with van der Waals surface area (Å²) in [6.45, 7) is 1.19. The maximum Gasteiger partial charge on any atom is 0.573 e. The van der Waals surface area contributed by atoms with E-state index < -0.39 is 6.36 Å². The number of hydrogen-bond acceptors (Lipinski definition) is 4. The number of ether oxygens (including phenoxy) is 1. The Labute approximate surface area is 148 Å². The van der Waals surface area contributed by atoms with Gasteiger partial charge < -0.3 is 15.4 Å². The number of carbonyl (C=O) groups is 1. The van der Waals surface area contributed by atoms with Crippen LogP contribution < -0.4 is 15.4 Å². The van der Waals surface area contributed by atoms with Crippen molar-refractivity contribution < 1.29 is 22.7 Å². The summed E-state index contributed by atoms with van der Waals surface area (Å²) in [7, 11) is 0. The molecular weight excluding hydrogens is 347 g/mol. The summed E-state index contributed by atoms with van der Waals surface area (Å²) in [6, 6.07) is 7.26.